The zero-order valence-corrected chi connectivity index (χ0v) is 10.4. The third kappa shape index (κ3) is 1.38. The lowest BCUT2D eigenvalue weighted by Crippen LogP contribution is -1.94. The van der Waals surface area contributed by atoms with Crippen LogP contribution in [-0.2, 0) is 7.05 Å². The molecule has 0 saturated carbocycles. The van der Waals surface area contributed by atoms with Gasteiger partial charge in [-0.15, -0.1) is 0 Å². The molecule has 0 fully saturated rings. The van der Waals surface area contributed by atoms with Gasteiger partial charge in [0.1, 0.15) is 11.4 Å². The fourth-order valence-corrected chi connectivity index (χ4v) is 2.15. The second-order valence-corrected chi connectivity index (χ2v) is 4.36. The first-order valence-corrected chi connectivity index (χ1v) is 5.64. The van der Waals surface area contributed by atoms with E-state index in [0.717, 1.165) is 29.1 Å². The highest BCUT2D eigenvalue weighted by Crippen LogP contribution is 2.21. The molecule has 0 aliphatic heterocycles. The van der Waals surface area contributed by atoms with Gasteiger partial charge in [-0.2, -0.15) is 5.10 Å². The van der Waals surface area contributed by atoms with Crippen molar-refractivity contribution >= 4 is 12.1 Å². The summed E-state index contributed by atoms with van der Waals surface area (Å²) in [6, 6.07) is 1.98. The Morgan fingerprint density at radius 2 is 2.17 bits per heavy atom. The minimum Gasteiger partial charge on any atom is -0.321 e. The quantitative estimate of drug-likeness (QED) is 0.693. The summed E-state index contributed by atoms with van der Waals surface area (Å²) in [7, 11) is 1.89. The summed E-state index contributed by atoms with van der Waals surface area (Å²) in [6.45, 7) is 3.83. The second kappa shape index (κ2) is 3.56. The average molecular weight is 243 g/mol. The number of aromatic amines is 1. The SMILES string of the molecule is Cc1cc(-c2cn3c(C)c(C=O)[nH]c3n2)n(C)n1. The van der Waals surface area contributed by atoms with Crippen LogP contribution in [0, 0.1) is 13.8 Å². The number of aldehydes is 1. The Morgan fingerprint density at radius 1 is 1.39 bits per heavy atom. The Kier molecular flexibility index (Phi) is 2.13. The zero-order chi connectivity index (χ0) is 12.9. The standard InChI is InChI=1S/C12H13N5O/c1-7-4-11(16(3)15-7)9-5-17-8(2)10(6-18)14-12(17)13-9/h4-6H,1-3H3,(H,13,14). The Morgan fingerprint density at radius 3 is 2.72 bits per heavy atom. The molecule has 3 heterocycles. The molecule has 0 aliphatic rings. The van der Waals surface area contributed by atoms with Crippen molar-refractivity contribution in [2.45, 2.75) is 13.8 Å². The summed E-state index contributed by atoms with van der Waals surface area (Å²) in [6.07, 6.45) is 2.71. The summed E-state index contributed by atoms with van der Waals surface area (Å²) >= 11 is 0. The van der Waals surface area contributed by atoms with Gasteiger partial charge < -0.3 is 4.98 Å². The number of fused-ring (bicyclic) bond motifs is 1. The van der Waals surface area contributed by atoms with E-state index >= 15 is 0 Å². The van der Waals surface area contributed by atoms with Crippen LogP contribution < -0.4 is 0 Å². The predicted octanol–water partition coefficient (Wildman–Crippen LogP) is 1.49. The first kappa shape index (κ1) is 10.8. The van der Waals surface area contributed by atoms with Crippen LogP contribution in [-0.4, -0.2) is 30.4 Å². The van der Waals surface area contributed by atoms with Gasteiger partial charge in [0, 0.05) is 18.9 Å². The predicted molar refractivity (Wildman–Crippen MR) is 66.6 cm³/mol. The van der Waals surface area contributed by atoms with Gasteiger partial charge in [0.25, 0.3) is 0 Å². The summed E-state index contributed by atoms with van der Waals surface area (Å²) < 4.78 is 3.68. The highest BCUT2D eigenvalue weighted by Gasteiger charge is 2.13. The monoisotopic (exact) mass is 243 g/mol. The van der Waals surface area contributed by atoms with E-state index in [-0.39, 0.29) is 0 Å². The molecule has 0 bridgehead atoms. The fraction of sp³-hybridized carbons (Fsp3) is 0.250. The van der Waals surface area contributed by atoms with Crippen LogP contribution in [0.4, 0.5) is 0 Å². The third-order valence-electron chi connectivity index (χ3n) is 3.09. The van der Waals surface area contributed by atoms with Crippen molar-refractivity contribution in [1.82, 2.24) is 24.1 Å². The van der Waals surface area contributed by atoms with Gasteiger partial charge in [0.15, 0.2) is 6.29 Å². The maximum atomic E-state index is 10.8. The maximum Gasteiger partial charge on any atom is 0.212 e. The Hall–Kier alpha value is -2.37. The maximum absolute atomic E-state index is 10.8. The van der Waals surface area contributed by atoms with Gasteiger partial charge in [0.2, 0.25) is 5.78 Å². The van der Waals surface area contributed by atoms with E-state index in [1.807, 2.05) is 37.6 Å². The molecule has 6 nitrogen and oxygen atoms in total. The number of hydrogen-bond donors (Lipinski definition) is 1. The van der Waals surface area contributed by atoms with Crippen LogP contribution >= 0.6 is 0 Å². The molecule has 0 saturated heterocycles. The minimum atomic E-state index is 0.560. The highest BCUT2D eigenvalue weighted by molar-refractivity contribution is 5.75. The number of aromatic nitrogens is 5. The Bertz CT molecular complexity index is 746. The van der Waals surface area contributed by atoms with E-state index in [1.165, 1.54) is 0 Å². The Labute approximate surface area is 103 Å². The molecular weight excluding hydrogens is 230 g/mol. The molecule has 6 heteroatoms. The number of rotatable bonds is 2. The molecule has 0 amide bonds. The van der Waals surface area contributed by atoms with Gasteiger partial charge in [-0.25, -0.2) is 4.98 Å². The number of nitrogens with one attached hydrogen (secondary N) is 1. The van der Waals surface area contributed by atoms with Gasteiger partial charge in [-0.05, 0) is 19.9 Å². The lowest BCUT2D eigenvalue weighted by atomic mass is 10.3. The number of H-pyrrole nitrogens is 1. The molecule has 0 unspecified atom stereocenters. The third-order valence-corrected chi connectivity index (χ3v) is 3.09. The average Bonchev–Trinajstić information content (AvgIpc) is 2.94. The van der Waals surface area contributed by atoms with Crippen molar-refractivity contribution in [3.63, 3.8) is 0 Å². The molecule has 3 aromatic heterocycles. The van der Waals surface area contributed by atoms with Crippen molar-refractivity contribution in [2.75, 3.05) is 0 Å². The van der Waals surface area contributed by atoms with Crippen LogP contribution in [0.2, 0.25) is 0 Å². The molecule has 92 valence electrons. The van der Waals surface area contributed by atoms with Gasteiger partial charge in [-0.1, -0.05) is 0 Å². The van der Waals surface area contributed by atoms with Crippen molar-refractivity contribution in [2.24, 2.45) is 7.05 Å². The molecule has 0 radical (unpaired) electrons. The van der Waals surface area contributed by atoms with Gasteiger partial charge >= 0.3 is 0 Å². The van der Waals surface area contributed by atoms with Crippen molar-refractivity contribution < 1.29 is 4.79 Å². The van der Waals surface area contributed by atoms with E-state index in [1.54, 1.807) is 4.68 Å². The summed E-state index contributed by atoms with van der Waals surface area (Å²) in [5, 5.41) is 4.30. The molecular formula is C12H13N5O. The van der Waals surface area contributed by atoms with Crippen molar-refractivity contribution in [3.8, 4) is 11.4 Å². The van der Waals surface area contributed by atoms with E-state index < -0.39 is 0 Å². The molecule has 0 aliphatic carbocycles. The number of imidazole rings is 2. The number of carbonyl (C=O) groups excluding carboxylic acids is 1. The van der Waals surface area contributed by atoms with E-state index in [2.05, 4.69) is 15.1 Å². The number of carbonyl (C=O) groups is 1. The molecule has 3 aromatic rings. The highest BCUT2D eigenvalue weighted by atomic mass is 16.1. The van der Waals surface area contributed by atoms with Crippen LogP contribution in [0.25, 0.3) is 17.2 Å². The first-order valence-electron chi connectivity index (χ1n) is 5.64. The Balaban J connectivity index is 2.20. The van der Waals surface area contributed by atoms with Gasteiger partial charge in [0.05, 0.1) is 11.4 Å². The lowest BCUT2D eigenvalue weighted by Gasteiger charge is -1.95. The lowest BCUT2D eigenvalue weighted by molar-refractivity contribution is 0.111. The van der Waals surface area contributed by atoms with Crippen LogP contribution in [0.15, 0.2) is 12.3 Å². The van der Waals surface area contributed by atoms with Crippen molar-refractivity contribution in [3.05, 3.63) is 29.3 Å². The van der Waals surface area contributed by atoms with Crippen LogP contribution in [0.5, 0.6) is 0 Å². The van der Waals surface area contributed by atoms with E-state index in [4.69, 9.17) is 0 Å². The molecule has 3 rings (SSSR count). The largest absolute Gasteiger partial charge is 0.321 e. The smallest absolute Gasteiger partial charge is 0.212 e. The number of nitrogens with zero attached hydrogens (tertiary/aromatic N) is 4. The van der Waals surface area contributed by atoms with Crippen LogP contribution in [0.1, 0.15) is 21.9 Å². The van der Waals surface area contributed by atoms with E-state index in [9.17, 15) is 4.79 Å². The van der Waals surface area contributed by atoms with E-state index in [0.29, 0.717) is 11.5 Å². The molecule has 0 atom stereocenters. The van der Waals surface area contributed by atoms with Crippen molar-refractivity contribution in [1.29, 1.82) is 0 Å². The van der Waals surface area contributed by atoms with Crippen LogP contribution in [0.3, 0.4) is 0 Å². The number of hydrogen-bond acceptors (Lipinski definition) is 3. The number of aryl methyl sites for hydroxylation is 3. The minimum absolute atomic E-state index is 0.560. The molecule has 18 heavy (non-hydrogen) atoms. The molecule has 0 spiro atoms. The molecule has 0 aromatic carbocycles. The van der Waals surface area contributed by atoms with Gasteiger partial charge in [-0.3, -0.25) is 13.9 Å². The topological polar surface area (TPSA) is 68.0 Å². The normalized spacial score (nSPS) is 11.3. The molecule has 1 N–H and O–H groups in total. The zero-order valence-electron chi connectivity index (χ0n) is 10.4. The first-order chi connectivity index (χ1) is 8.60. The fourth-order valence-electron chi connectivity index (χ4n) is 2.15. The summed E-state index contributed by atoms with van der Waals surface area (Å²) in [4.78, 5) is 18.3. The summed E-state index contributed by atoms with van der Waals surface area (Å²) in [5.41, 5.74) is 4.17. The second-order valence-electron chi connectivity index (χ2n) is 4.36. The summed E-state index contributed by atoms with van der Waals surface area (Å²) in [5.74, 6) is 0.670.